The second-order valence-electron chi connectivity index (χ2n) is 5.00. The Hall–Kier alpha value is -2.35. The number of allylic oxidation sites excluding steroid dienone is 9. The molecule has 2 nitrogen and oxygen atoms in total. The third kappa shape index (κ3) is 7.44. The molecule has 0 aromatic heterocycles. The summed E-state index contributed by atoms with van der Waals surface area (Å²) in [5.74, 6) is -0.399. The summed E-state index contributed by atoms with van der Waals surface area (Å²) in [6.45, 7) is 14.9. The van der Waals surface area contributed by atoms with Crippen LogP contribution in [0.5, 0.6) is 0 Å². The first-order valence-electron chi connectivity index (χ1n) is 7.23. The Morgan fingerprint density at radius 1 is 1.05 bits per heavy atom. The molecule has 0 radical (unpaired) electrons. The average molecular weight is 298 g/mol. The second-order valence-corrected chi connectivity index (χ2v) is 5.00. The van der Waals surface area contributed by atoms with Crippen LogP contribution in [0, 0.1) is 0 Å². The van der Waals surface area contributed by atoms with Crippen LogP contribution in [0.15, 0.2) is 85.1 Å². The van der Waals surface area contributed by atoms with E-state index in [1.54, 1.807) is 18.2 Å². The Kier molecular flexibility index (Phi) is 9.28. The number of esters is 1. The lowest BCUT2D eigenvalue weighted by molar-refractivity contribution is -0.146. The van der Waals surface area contributed by atoms with Crippen molar-refractivity contribution < 1.29 is 9.53 Å². The van der Waals surface area contributed by atoms with Gasteiger partial charge in [0.15, 0.2) is 0 Å². The summed E-state index contributed by atoms with van der Waals surface area (Å²) in [5.41, 5.74) is 1.03. The topological polar surface area (TPSA) is 26.3 Å². The molecule has 0 unspecified atom stereocenters. The fourth-order valence-corrected chi connectivity index (χ4v) is 1.72. The van der Waals surface area contributed by atoms with Gasteiger partial charge in [0.05, 0.1) is 0 Å². The number of hydrogen-bond donors (Lipinski definition) is 0. The Morgan fingerprint density at radius 3 is 2.23 bits per heavy atom. The van der Waals surface area contributed by atoms with Gasteiger partial charge in [-0.25, -0.2) is 4.79 Å². The molecule has 0 amide bonds. The van der Waals surface area contributed by atoms with E-state index in [2.05, 4.69) is 13.2 Å². The van der Waals surface area contributed by atoms with E-state index in [4.69, 9.17) is 4.74 Å². The van der Waals surface area contributed by atoms with Crippen molar-refractivity contribution >= 4 is 5.97 Å². The zero-order valence-electron chi connectivity index (χ0n) is 14.0. The highest BCUT2D eigenvalue weighted by Gasteiger charge is 2.24. The van der Waals surface area contributed by atoms with E-state index in [1.807, 2.05) is 64.2 Å². The lowest BCUT2D eigenvalue weighted by atomic mass is 9.97. The fourth-order valence-electron chi connectivity index (χ4n) is 1.72. The minimum absolute atomic E-state index is 0.399. The van der Waals surface area contributed by atoms with Crippen LogP contribution in [0.3, 0.4) is 0 Å². The number of carbonyl (C=O) groups excluding carboxylic acids is 1. The summed E-state index contributed by atoms with van der Waals surface area (Å²) in [5, 5.41) is 0. The molecule has 0 rings (SSSR count). The minimum atomic E-state index is -0.711. The number of rotatable bonds is 8. The number of ether oxygens (including phenoxy) is 1. The van der Waals surface area contributed by atoms with Crippen LogP contribution < -0.4 is 0 Å². The van der Waals surface area contributed by atoms with E-state index >= 15 is 0 Å². The molecule has 2 heteroatoms. The molecular weight excluding hydrogens is 272 g/mol. The average Bonchev–Trinajstić information content (AvgIpc) is 2.47. The van der Waals surface area contributed by atoms with Crippen molar-refractivity contribution in [2.75, 3.05) is 0 Å². The van der Waals surface area contributed by atoms with Crippen LogP contribution >= 0.6 is 0 Å². The summed E-state index contributed by atoms with van der Waals surface area (Å²) >= 11 is 0. The molecule has 0 aliphatic heterocycles. The summed E-state index contributed by atoms with van der Waals surface area (Å²) in [6, 6.07) is 0. The molecule has 0 aliphatic carbocycles. The number of carbonyl (C=O) groups is 1. The molecule has 0 N–H and O–H groups in total. The van der Waals surface area contributed by atoms with Crippen LogP contribution in [0.2, 0.25) is 0 Å². The third-order valence-electron chi connectivity index (χ3n) is 2.90. The summed E-state index contributed by atoms with van der Waals surface area (Å²) in [4.78, 5) is 12.0. The van der Waals surface area contributed by atoms with Gasteiger partial charge in [0, 0.05) is 6.08 Å². The normalized spacial score (nSPS) is 14.0. The van der Waals surface area contributed by atoms with E-state index in [0.29, 0.717) is 0 Å². The van der Waals surface area contributed by atoms with Crippen LogP contribution in [0.25, 0.3) is 0 Å². The Balaban J connectivity index is 5.00. The van der Waals surface area contributed by atoms with E-state index in [0.717, 1.165) is 11.1 Å². The molecule has 0 saturated carbocycles. The van der Waals surface area contributed by atoms with Crippen molar-refractivity contribution in [2.45, 2.75) is 33.3 Å². The smallest absolute Gasteiger partial charge is 0.331 e. The highest BCUT2D eigenvalue weighted by molar-refractivity contribution is 5.83. The van der Waals surface area contributed by atoms with Crippen LogP contribution in [-0.4, -0.2) is 11.6 Å². The Bertz CT molecular complexity index is 538. The largest absolute Gasteiger partial charge is 0.452 e. The second kappa shape index (κ2) is 10.4. The SMILES string of the molecule is C=C/C=C\C(=C/C)C(C)(C)OC(=O)/C=C/C(C=C)=C/C=C\C. The predicted octanol–water partition coefficient (Wildman–Crippen LogP) is 5.24. The molecule has 22 heavy (non-hydrogen) atoms. The van der Waals surface area contributed by atoms with Crippen LogP contribution in [0.1, 0.15) is 27.7 Å². The molecule has 0 aliphatic rings. The van der Waals surface area contributed by atoms with Gasteiger partial charge in [-0.15, -0.1) is 0 Å². The molecule has 0 fully saturated rings. The standard InChI is InChI=1S/C20H26O2/c1-7-11-13-17(9-3)15-16-19(21)22-20(5,6)18(10-4)14-12-8-2/h7-16H,2-3H2,1,4-6H3/b11-7-,14-12-,16-15+,17-13+,18-10+. The Labute approximate surface area is 134 Å². The van der Waals surface area contributed by atoms with Gasteiger partial charge in [-0.2, -0.15) is 0 Å². The first-order chi connectivity index (χ1) is 10.4. The molecule has 0 aromatic rings. The van der Waals surface area contributed by atoms with Gasteiger partial charge in [-0.05, 0) is 44.9 Å². The summed E-state index contributed by atoms with van der Waals surface area (Å²) < 4.78 is 5.53. The highest BCUT2D eigenvalue weighted by atomic mass is 16.6. The monoisotopic (exact) mass is 298 g/mol. The van der Waals surface area contributed by atoms with Gasteiger partial charge in [-0.1, -0.05) is 61.8 Å². The van der Waals surface area contributed by atoms with Gasteiger partial charge in [0.2, 0.25) is 0 Å². The van der Waals surface area contributed by atoms with Gasteiger partial charge >= 0.3 is 5.97 Å². The van der Waals surface area contributed by atoms with Crippen molar-refractivity contribution in [3.8, 4) is 0 Å². The molecule has 0 bridgehead atoms. The van der Waals surface area contributed by atoms with Crippen molar-refractivity contribution in [3.05, 3.63) is 85.1 Å². The maximum atomic E-state index is 12.0. The number of hydrogen-bond acceptors (Lipinski definition) is 2. The Morgan fingerprint density at radius 2 is 1.73 bits per heavy atom. The van der Waals surface area contributed by atoms with Gasteiger partial charge < -0.3 is 4.74 Å². The fraction of sp³-hybridized carbons (Fsp3) is 0.250. The van der Waals surface area contributed by atoms with E-state index in [1.165, 1.54) is 6.08 Å². The van der Waals surface area contributed by atoms with Crippen LogP contribution in [0.4, 0.5) is 0 Å². The van der Waals surface area contributed by atoms with Crippen LogP contribution in [-0.2, 0) is 9.53 Å². The zero-order chi connectivity index (χ0) is 17.0. The van der Waals surface area contributed by atoms with Crippen molar-refractivity contribution in [1.29, 1.82) is 0 Å². The van der Waals surface area contributed by atoms with Crippen molar-refractivity contribution in [1.82, 2.24) is 0 Å². The molecule has 0 heterocycles. The minimum Gasteiger partial charge on any atom is -0.452 e. The molecule has 0 spiro atoms. The lowest BCUT2D eigenvalue weighted by Crippen LogP contribution is -2.29. The van der Waals surface area contributed by atoms with Crippen molar-refractivity contribution in [2.24, 2.45) is 0 Å². The third-order valence-corrected chi connectivity index (χ3v) is 2.90. The zero-order valence-corrected chi connectivity index (χ0v) is 14.0. The van der Waals surface area contributed by atoms with E-state index in [-0.39, 0.29) is 0 Å². The lowest BCUT2D eigenvalue weighted by Gasteiger charge is -2.26. The molecule has 0 aromatic carbocycles. The first-order valence-corrected chi connectivity index (χ1v) is 7.23. The van der Waals surface area contributed by atoms with Gasteiger partial charge in [0.1, 0.15) is 5.60 Å². The van der Waals surface area contributed by atoms with Gasteiger partial charge in [0.25, 0.3) is 0 Å². The molecule has 0 atom stereocenters. The van der Waals surface area contributed by atoms with Gasteiger partial charge in [-0.3, -0.25) is 0 Å². The molecule has 0 saturated heterocycles. The molecular formula is C20H26O2. The van der Waals surface area contributed by atoms with Crippen molar-refractivity contribution in [3.63, 3.8) is 0 Å². The predicted molar refractivity (Wildman–Crippen MR) is 95.5 cm³/mol. The molecule has 118 valence electrons. The quantitative estimate of drug-likeness (QED) is 0.348. The summed E-state index contributed by atoms with van der Waals surface area (Å²) in [7, 11) is 0. The highest BCUT2D eigenvalue weighted by Crippen LogP contribution is 2.22. The maximum Gasteiger partial charge on any atom is 0.331 e. The maximum absolute atomic E-state index is 12.0. The first kappa shape index (κ1) is 19.7. The summed E-state index contributed by atoms with van der Waals surface area (Å²) in [6.07, 6.45) is 17.7. The van der Waals surface area contributed by atoms with E-state index in [9.17, 15) is 4.79 Å². The van der Waals surface area contributed by atoms with E-state index < -0.39 is 11.6 Å².